The number of carbonyl (C=O) groups excluding carboxylic acids is 1. The summed E-state index contributed by atoms with van der Waals surface area (Å²) in [6.07, 6.45) is 4.77. The van der Waals surface area contributed by atoms with Gasteiger partial charge in [0.1, 0.15) is 0 Å². The smallest absolute Gasteiger partial charge is 0.255 e. The summed E-state index contributed by atoms with van der Waals surface area (Å²) in [4.78, 5) is 12.0. The van der Waals surface area contributed by atoms with Gasteiger partial charge in [0.15, 0.2) is 0 Å². The number of hydrogen-bond donors (Lipinski definition) is 1. The number of amides is 1. The number of aryl methyl sites for hydroxylation is 2. The second-order valence-electron chi connectivity index (χ2n) is 4.53. The van der Waals surface area contributed by atoms with E-state index in [1.807, 2.05) is 20.9 Å². The highest BCUT2D eigenvalue weighted by Gasteiger charge is 2.16. The first-order valence-electron chi connectivity index (χ1n) is 6.42. The van der Waals surface area contributed by atoms with Crippen molar-refractivity contribution in [2.45, 2.75) is 39.5 Å². The predicted molar refractivity (Wildman–Crippen MR) is 82.4 cm³/mol. The largest absolute Gasteiger partial charge is 0.352 e. The fourth-order valence-corrected chi connectivity index (χ4v) is 2.50. The van der Waals surface area contributed by atoms with Crippen molar-refractivity contribution in [1.29, 1.82) is 0 Å². The second-order valence-corrected chi connectivity index (χ2v) is 5.61. The zero-order valence-electron chi connectivity index (χ0n) is 11.4. The molecule has 1 aromatic rings. The van der Waals surface area contributed by atoms with Crippen molar-refractivity contribution < 1.29 is 4.79 Å². The Hall–Kier alpha value is -0.590. The highest BCUT2D eigenvalue weighted by Crippen LogP contribution is 2.11. The molecule has 1 heterocycles. The average Bonchev–Trinajstić information content (AvgIpc) is 2.58. The Labute approximate surface area is 123 Å². The van der Waals surface area contributed by atoms with E-state index >= 15 is 0 Å². The van der Waals surface area contributed by atoms with Gasteiger partial charge in [0.2, 0.25) is 0 Å². The summed E-state index contributed by atoms with van der Waals surface area (Å²) in [5.74, 6) is 0.00647. The first-order chi connectivity index (χ1) is 8.57. The number of hydrogen-bond acceptors (Lipinski definition) is 2. The number of nitrogens with zero attached hydrogens (tertiary/aromatic N) is 2. The molecule has 0 aliphatic carbocycles. The Morgan fingerprint density at radius 3 is 2.50 bits per heavy atom. The zero-order valence-corrected chi connectivity index (χ0v) is 13.6. The van der Waals surface area contributed by atoms with Gasteiger partial charge in [0.25, 0.3) is 5.91 Å². The summed E-state index contributed by atoms with van der Waals surface area (Å²) in [7, 11) is 1.86. The number of halogens is 1. The molecule has 18 heavy (non-hydrogen) atoms. The Kier molecular flexibility index (Phi) is 6.67. The molecular formula is C13H22IN3O. The highest BCUT2D eigenvalue weighted by atomic mass is 127. The molecular weight excluding hydrogens is 341 g/mol. The van der Waals surface area contributed by atoms with E-state index < -0.39 is 0 Å². The number of nitrogens with one attached hydrogen (secondary N) is 1. The summed E-state index contributed by atoms with van der Waals surface area (Å²) in [5, 5.41) is 7.23. The minimum Gasteiger partial charge on any atom is -0.352 e. The first kappa shape index (κ1) is 15.5. The van der Waals surface area contributed by atoms with Crippen LogP contribution in [-0.4, -0.2) is 26.7 Å². The summed E-state index contributed by atoms with van der Waals surface area (Å²) < 4.78 is 2.98. The third-order valence-electron chi connectivity index (χ3n) is 3.08. The van der Waals surface area contributed by atoms with Crippen LogP contribution < -0.4 is 5.32 Å². The van der Waals surface area contributed by atoms with Crippen LogP contribution in [0.3, 0.4) is 0 Å². The predicted octanol–water partition coefficient (Wildman–Crippen LogP) is 2.76. The molecule has 5 heteroatoms. The average molecular weight is 363 g/mol. The van der Waals surface area contributed by atoms with Crippen molar-refractivity contribution >= 4 is 28.5 Å². The maximum atomic E-state index is 12.0. The van der Waals surface area contributed by atoms with Gasteiger partial charge in [-0.2, -0.15) is 5.10 Å². The van der Waals surface area contributed by atoms with E-state index in [0.717, 1.165) is 29.9 Å². The lowest BCUT2D eigenvalue weighted by molar-refractivity contribution is 0.0951. The van der Waals surface area contributed by atoms with Crippen molar-refractivity contribution in [1.82, 2.24) is 15.1 Å². The maximum absolute atomic E-state index is 12.0. The number of unbranched alkanes of at least 4 members (excludes halogenated alkanes) is 3. The quantitative estimate of drug-likeness (QED) is 0.460. The standard InChI is InChI=1S/C13H22IN3O/c1-10-12(11(2)17(3)16-10)13(18)15-9-7-5-4-6-8-14/h4-9H2,1-3H3,(H,15,18). The maximum Gasteiger partial charge on any atom is 0.255 e. The van der Waals surface area contributed by atoms with Crippen LogP contribution in [0.2, 0.25) is 0 Å². The van der Waals surface area contributed by atoms with Gasteiger partial charge in [-0.3, -0.25) is 9.48 Å². The van der Waals surface area contributed by atoms with E-state index in [9.17, 15) is 4.79 Å². The van der Waals surface area contributed by atoms with Crippen LogP contribution in [0.4, 0.5) is 0 Å². The molecule has 0 aliphatic rings. The van der Waals surface area contributed by atoms with E-state index in [1.165, 1.54) is 23.7 Å². The lowest BCUT2D eigenvalue weighted by Gasteiger charge is -2.05. The molecule has 1 amide bonds. The van der Waals surface area contributed by atoms with Gasteiger partial charge in [-0.15, -0.1) is 0 Å². The summed E-state index contributed by atoms with van der Waals surface area (Å²) in [5.41, 5.74) is 2.46. The van der Waals surface area contributed by atoms with Crippen molar-refractivity contribution in [3.05, 3.63) is 17.0 Å². The van der Waals surface area contributed by atoms with Crippen LogP contribution in [0.1, 0.15) is 47.4 Å². The molecule has 4 nitrogen and oxygen atoms in total. The van der Waals surface area contributed by atoms with Crippen LogP contribution in [0, 0.1) is 13.8 Å². The molecule has 0 aliphatic heterocycles. The number of carbonyl (C=O) groups is 1. The SMILES string of the molecule is Cc1nn(C)c(C)c1C(=O)NCCCCCCI. The summed E-state index contributed by atoms with van der Waals surface area (Å²) in [6, 6.07) is 0. The lowest BCUT2D eigenvalue weighted by atomic mass is 10.1. The molecule has 0 saturated heterocycles. The molecule has 0 saturated carbocycles. The van der Waals surface area contributed by atoms with Crippen LogP contribution in [-0.2, 0) is 7.05 Å². The van der Waals surface area contributed by atoms with Gasteiger partial charge in [0.05, 0.1) is 11.3 Å². The van der Waals surface area contributed by atoms with Crippen LogP contribution in [0.25, 0.3) is 0 Å². The monoisotopic (exact) mass is 363 g/mol. The normalized spacial score (nSPS) is 10.7. The van der Waals surface area contributed by atoms with Gasteiger partial charge in [-0.1, -0.05) is 35.4 Å². The number of alkyl halides is 1. The highest BCUT2D eigenvalue weighted by molar-refractivity contribution is 14.1. The third-order valence-corrected chi connectivity index (χ3v) is 3.84. The van der Waals surface area contributed by atoms with E-state index in [2.05, 4.69) is 33.0 Å². The topological polar surface area (TPSA) is 46.9 Å². The molecule has 0 unspecified atom stereocenters. The van der Waals surface area contributed by atoms with Crippen LogP contribution >= 0.6 is 22.6 Å². The first-order valence-corrected chi connectivity index (χ1v) is 7.94. The third kappa shape index (κ3) is 4.26. The Morgan fingerprint density at radius 2 is 1.94 bits per heavy atom. The molecule has 1 rings (SSSR count). The fourth-order valence-electron chi connectivity index (χ4n) is 1.97. The molecule has 0 spiro atoms. The molecule has 0 fully saturated rings. The van der Waals surface area contributed by atoms with Gasteiger partial charge in [-0.05, 0) is 31.1 Å². The van der Waals surface area contributed by atoms with Gasteiger partial charge >= 0.3 is 0 Å². The van der Waals surface area contributed by atoms with Gasteiger partial charge in [0, 0.05) is 19.3 Å². The molecule has 1 aromatic heterocycles. The number of rotatable bonds is 7. The zero-order chi connectivity index (χ0) is 13.5. The lowest BCUT2D eigenvalue weighted by Crippen LogP contribution is -2.25. The Morgan fingerprint density at radius 1 is 1.28 bits per heavy atom. The molecule has 0 atom stereocenters. The molecule has 0 radical (unpaired) electrons. The van der Waals surface area contributed by atoms with Crippen molar-refractivity contribution in [3.63, 3.8) is 0 Å². The van der Waals surface area contributed by atoms with Crippen LogP contribution in [0.5, 0.6) is 0 Å². The Balaban J connectivity index is 2.37. The van der Waals surface area contributed by atoms with Crippen molar-refractivity contribution in [2.75, 3.05) is 11.0 Å². The molecule has 102 valence electrons. The van der Waals surface area contributed by atoms with E-state index in [0.29, 0.717) is 0 Å². The minimum atomic E-state index is 0.00647. The summed E-state index contributed by atoms with van der Waals surface area (Å²) in [6.45, 7) is 4.56. The molecule has 1 N–H and O–H groups in total. The Bertz CT molecular complexity index is 401. The van der Waals surface area contributed by atoms with Crippen molar-refractivity contribution in [2.24, 2.45) is 7.05 Å². The molecule has 0 bridgehead atoms. The number of aromatic nitrogens is 2. The summed E-state index contributed by atoms with van der Waals surface area (Å²) >= 11 is 2.40. The fraction of sp³-hybridized carbons (Fsp3) is 0.692. The van der Waals surface area contributed by atoms with Gasteiger partial charge < -0.3 is 5.32 Å². The van der Waals surface area contributed by atoms with Gasteiger partial charge in [-0.25, -0.2) is 0 Å². The van der Waals surface area contributed by atoms with E-state index in [1.54, 1.807) is 4.68 Å². The van der Waals surface area contributed by atoms with Crippen molar-refractivity contribution in [3.8, 4) is 0 Å². The minimum absolute atomic E-state index is 0.00647. The molecule has 0 aromatic carbocycles. The van der Waals surface area contributed by atoms with E-state index in [4.69, 9.17) is 0 Å². The second kappa shape index (κ2) is 7.76. The van der Waals surface area contributed by atoms with Crippen LogP contribution in [0.15, 0.2) is 0 Å². The van der Waals surface area contributed by atoms with E-state index in [-0.39, 0.29) is 5.91 Å².